The second kappa shape index (κ2) is 12.2. The van der Waals surface area contributed by atoms with Crippen LogP contribution in [0.5, 0.6) is 5.75 Å². The van der Waals surface area contributed by atoms with Gasteiger partial charge in [0.05, 0.1) is 17.1 Å². The van der Waals surface area contributed by atoms with Crippen molar-refractivity contribution in [1.29, 1.82) is 0 Å². The Hall–Kier alpha value is -1.60. The Morgan fingerprint density at radius 2 is 1.86 bits per heavy atom. The van der Waals surface area contributed by atoms with Gasteiger partial charge in [-0.1, -0.05) is 40.9 Å². The summed E-state index contributed by atoms with van der Waals surface area (Å²) in [5, 5.41) is 6.77. The summed E-state index contributed by atoms with van der Waals surface area (Å²) in [6, 6.07) is 10.9. The normalized spacial score (nSPS) is 11.6. The van der Waals surface area contributed by atoms with E-state index in [1.165, 1.54) is 12.1 Å². The standard InChI is InChI=1S/C20H21Cl3N2O3S/c1-29-10-7-18(25-19(26)16-6-5-14(22)12-17(16)23)20(27)24-8-9-28-15-4-2-3-13(21)11-15/h2-6,11-12,18H,7-10H2,1H3,(H,24,27)(H,25,26). The van der Waals surface area contributed by atoms with E-state index in [0.717, 1.165) is 0 Å². The van der Waals surface area contributed by atoms with Gasteiger partial charge in [-0.2, -0.15) is 11.8 Å². The van der Waals surface area contributed by atoms with Crippen LogP contribution < -0.4 is 15.4 Å². The highest BCUT2D eigenvalue weighted by molar-refractivity contribution is 7.98. The van der Waals surface area contributed by atoms with E-state index in [4.69, 9.17) is 39.5 Å². The van der Waals surface area contributed by atoms with Crippen LogP contribution in [-0.4, -0.2) is 43.0 Å². The van der Waals surface area contributed by atoms with Crippen molar-refractivity contribution in [2.45, 2.75) is 12.5 Å². The van der Waals surface area contributed by atoms with E-state index >= 15 is 0 Å². The number of amides is 2. The van der Waals surface area contributed by atoms with Gasteiger partial charge >= 0.3 is 0 Å². The van der Waals surface area contributed by atoms with E-state index in [1.54, 1.807) is 42.1 Å². The number of hydrogen-bond acceptors (Lipinski definition) is 4. The zero-order chi connectivity index (χ0) is 21.2. The van der Waals surface area contributed by atoms with Crippen LogP contribution in [0.1, 0.15) is 16.8 Å². The van der Waals surface area contributed by atoms with E-state index in [1.807, 2.05) is 6.26 Å². The summed E-state index contributed by atoms with van der Waals surface area (Å²) >= 11 is 19.5. The number of benzene rings is 2. The van der Waals surface area contributed by atoms with E-state index in [-0.39, 0.29) is 23.1 Å². The van der Waals surface area contributed by atoms with Gasteiger partial charge in [-0.05, 0) is 54.8 Å². The van der Waals surface area contributed by atoms with Crippen LogP contribution >= 0.6 is 46.6 Å². The molecule has 0 radical (unpaired) electrons. The summed E-state index contributed by atoms with van der Waals surface area (Å²) in [6.45, 7) is 0.566. The number of rotatable bonds is 10. The van der Waals surface area contributed by atoms with Crippen LogP contribution in [0.2, 0.25) is 15.1 Å². The number of ether oxygens (including phenoxy) is 1. The van der Waals surface area contributed by atoms with E-state index in [2.05, 4.69) is 10.6 Å². The van der Waals surface area contributed by atoms with E-state index < -0.39 is 11.9 Å². The van der Waals surface area contributed by atoms with E-state index in [9.17, 15) is 9.59 Å². The lowest BCUT2D eigenvalue weighted by atomic mass is 10.1. The fourth-order valence-corrected chi connectivity index (χ4v) is 3.58. The van der Waals surface area contributed by atoms with Gasteiger partial charge in [0.1, 0.15) is 18.4 Å². The molecule has 0 saturated heterocycles. The van der Waals surface area contributed by atoms with Crippen LogP contribution in [0.25, 0.3) is 0 Å². The summed E-state index contributed by atoms with van der Waals surface area (Å²) in [6.07, 6.45) is 2.42. The number of halogens is 3. The molecule has 2 aromatic rings. The summed E-state index contributed by atoms with van der Waals surface area (Å²) in [7, 11) is 0. The summed E-state index contributed by atoms with van der Waals surface area (Å²) in [5.74, 6) is 0.623. The van der Waals surface area contributed by atoms with Gasteiger partial charge in [0.15, 0.2) is 0 Å². The Morgan fingerprint density at radius 3 is 2.55 bits per heavy atom. The molecule has 2 amide bonds. The molecule has 0 aromatic heterocycles. The molecule has 2 N–H and O–H groups in total. The molecule has 2 aromatic carbocycles. The molecule has 0 bridgehead atoms. The minimum Gasteiger partial charge on any atom is -0.492 e. The Labute approximate surface area is 189 Å². The molecule has 1 atom stereocenters. The van der Waals surface area contributed by atoms with Crippen LogP contribution in [0, 0.1) is 0 Å². The van der Waals surface area contributed by atoms with Gasteiger partial charge in [-0.15, -0.1) is 0 Å². The molecule has 0 aliphatic heterocycles. The molecule has 29 heavy (non-hydrogen) atoms. The van der Waals surface area contributed by atoms with Gasteiger partial charge in [0, 0.05) is 10.0 Å². The summed E-state index contributed by atoms with van der Waals surface area (Å²) in [5.41, 5.74) is 0.266. The Bertz CT molecular complexity index is 851. The maximum atomic E-state index is 12.6. The molecule has 156 valence electrons. The first-order chi connectivity index (χ1) is 13.9. The SMILES string of the molecule is CSCCC(NC(=O)c1ccc(Cl)cc1Cl)C(=O)NCCOc1cccc(Cl)c1. The first kappa shape index (κ1) is 23.7. The summed E-state index contributed by atoms with van der Waals surface area (Å²) < 4.78 is 5.55. The van der Waals surface area contributed by atoms with Gasteiger partial charge in [-0.3, -0.25) is 9.59 Å². The van der Waals surface area contributed by atoms with Crippen molar-refractivity contribution in [2.24, 2.45) is 0 Å². The van der Waals surface area contributed by atoms with Crippen molar-refractivity contribution in [2.75, 3.05) is 25.2 Å². The molecular weight excluding hydrogens is 455 g/mol. The molecule has 0 aliphatic rings. The number of thioether (sulfide) groups is 1. The Kier molecular flexibility index (Phi) is 9.94. The lowest BCUT2D eigenvalue weighted by Crippen LogP contribution is -2.48. The first-order valence-electron chi connectivity index (χ1n) is 8.81. The van der Waals surface area contributed by atoms with Crippen molar-refractivity contribution in [3.63, 3.8) is 0 Å². The molecule has 5 nitrogen and oxygen atoms in total. The lowest BCUT2D eigenvalue weighted by Gasteiger charge is -2.19. The molecular formula is C20H21Cl3N2O3S. The highest BCUT2D eigenvalue weighted by atomic mass is 35.5. The Morgan fingerprint density at radius 1 is 1.10 bits per heavy atom. The van der Waals surface area contributed by atoms with Gasteiger partial charge in [-0.25, -0.2) is 0 Å². The second-order valence-electron chi connectivity index (χ2n) is 6.03. The van der Waals surface area contributed by atoms with Crippen molar-refractivity contribution >= 4 is 58.4 Å². The Balaban J connectivity index is 1.90. The number of hydrogen-bond donors (Lipinski definition) is 2. The van der Waals surface area contributed by atoms with Crippen molar-refractivity contribution in [3.8, 4) is 5.75 Å². The number of carbonyl (C=O) groups is 2. The third-order valence-electron chi connectivity index (χ3n) is 3.87. The smallest absolute Gasteiger partial charge is 0.253 e. The van der Waals surface area contributed by atoms with Gasteiger partial charge in [0.2, 0.25) is 5.91 Å². The fraction of sp³-hybridized carbons (Fsp3) is 0.300. The third kappa shape index (κ3) is 7.97. The highest BCUT2D eigenvalue weighted by Gasteiger charge is 2.22. The summed E-state index contributed by atoms with van der Waals surface area (Å²) in [4.78, 5) is 25.1. The fourth-order valence-electron chi connectivity index (χ4n) is 2.44. The van der Waals surface area contributed by atoms with Crippen molar-refractivity contribution < 1.29 is 14.3 Å². The van der Waals surface area contributed by atoms with E-state index in [0.29, 0.717) is 34.5 Å². The molecule has 0 heterocycles. The monoisotopic (exact) mass is 474 g/mol. The first-order valence-corrected chi connectivity index (χ1v) is 11.3. The lowest BCUT2D eigenvalue weighted by molar-refractivity contribution is -0.123. The second-order valence-corrected chi connectivity index (χ2v) is 8.29. The molecule has 0 saturated carbocycles. The largest absolute Gasteiger partial charge is 0.492 e. The van der Waals surface area contributed by atoms with Crippen LogP contribution in [0.3, 0.4) is 0 Å². The molecule has 2 rings (SSSR count). The number of nitrogens with one attached hydrogen (secondary N) is 2. The average Bonchev–Trinajstić information content (AvgIpc) is 2.68. The molecule has 1 unspecified atom stereocenters. The van der Waals surface area contributed by atoms with Crippen LogP contribution in [0.4, 0.5) is 0 Å². The number of carbonyl (C=O) groups excluding carboxylic acids is 2. The van der Waals surface area contributed by atoms with Crippen LogP contribution in [0.15, 0.2) is 42.5 Å². The van der Waals surface area contributed by atoms with Gasteiger partial charge < -0.3 is 15.4 Å². The third-order valence-corrected chi connectivity index (χ3v) is 5.30. The van der Waals surface area contributed by atoms with Crippen molar-refractivity contribution in [3.05, 3.63) is 63.1 Å². The quantitative estimate of drug-likeness (QED) is 0.489. The molecule has 0 aliphatic carbocycles. The van der Waals surface area contributed by atoms with Crippen LogP contribution in [-0.2, 0) is 4.79 Å². The zero-order valence-electron chi connectivity index (χ0n) is 15.7. The predicted octanol–water partition coefficient (Wildman–Crippen LogP) is 4.69. The minimum absolute atomic E-state index is 0.231. The zero-order valence-corrected chi connectivity index (χ0v) is 18.8. The topological polar surface area (TPSA) is 67.4 Å². The average molecular weight is 476 g/mol. The van der Waals surface area contributed by atoms with Gasteiger partial charge in [0.25, 0.3) is 5.91 Å². The predicted molar refractivity (Wildman–Crippen MR) is 121 cm³/mol. The van der Waals surface area contributed by atoms with Crippen molar-refractivity contribution in [1.82, 2.24) is 10.6 Å². The molecule has 9 heteroatoms. The molecule has 0 fully saturated rings. The maximum absolute atomic E-state index is 12.6. The molecule has 0 spiro atoms. The minimum atomic E-state index is -0.687. The maximum Gasteiger partial charge on any atom is 0.253 e. The highest BCUT2D eigenvalue weighted by Crippen LogP contribution is 2.21.